The maximum Gasteiger partial charge on any atom is 0.335 e. The first kappa shape index (κ1) is 18.4. The molecule has 0 radical (unpaired) electrons. The van der Waals surface area contributed by atoms with Crippen molar-refractivity contribution in [3.63, 3.8) is 0 Å². The molecule has 1 aromatic heterocycles. The molecule has 1 unspecified atom stereocenters. The zero-order valence-corrected chi connectivity index (χ0v) is 14.6. The van der Waals surface area contributed by atoms with E-state index in [1.54, 1.807) is 12.1 Å². The molecule has 1 fully saturated rings. The molecule has 1 atom stereocenters. The first-order valence-electron chi connectivity index (χ1n) is 7.76. The zero-order valence-electron chi connectivity index (χ0n) is 13.8. The lowest BCUT2D eigenvalue weighted by Gasteiger charge is -2.07. The predicted octanol–water partition coefficient (Wildman–Crippen LogP) is 1.93. The Bertz CT molecular complexity index is 906. The smallest absolute Gasteiger partial charge is 0.335 e. The second-order valence-corrected chi connectivity index (χ2v) is 6.59. The first-order valence-corrected chi connectivity index (χ1v) is 8.64. The lowest BCUT2D eigenvalue weighted by Crippen LogP contribution is -2.28. The molecule has 1 aliphatic heterocycles. The zero-order chi connectivity index (χ0) is 19.2. The molecule has 10 heteroatoms. The number of hydrogen-bond donors (Lipinski definition) is 3. The molecule has 2 aromatic rings. The van der Waals surface area contributed by atoms with E-state index in [9.17, 15) is 14.4 Å². The number of rotatable bonds is 6. The number of amidine groups is 1. The van der Waals surface area contributed by atoms with Crippen LogP contribution in [-0.2, 0) is 9.59 Å². The van der Waals surface area contributed by atoms with Gasteiger partial charge in [-0.25, -0.2) is 4.79 Å². The third-order valence-electron chi connectivity index (χ3n) is 3.44. The highest BCUT2D eigenvalue weighted by atomic mass is 32.2. The summed E-state index contributed by atoms with van der Waals surface area (Å²) in [4.78, 5) is 34.9. The van der Waals surface area contributed by atoms with E-state index in [1.807, 2.05) is 0 Å². The standard InChI is InChI=1S/C17H14N4O5S/c22-14(19-11-5-3-10(4-6-11)16(24)25)8-13-15(23)20-17(27-13)21-18-9-12-2-1-7-26-12/h1-7,9,13H,8H2,(H,19,22)(H,24,25)(H,20,21,23). The summed E-state index contributed by atoms with van der Waals surface area (Å²) in [7, 11) is 0. The highest BCUT2D eigenvalue weighted by Gasteiger charge is 2.32. The number of aromatic carboxylic acids is 1. The molecule has 0 bridgehead atoms. The van der Waals surface area contributed by atoms with E-state index in [0.29, 0.717) is 16.6 Å². The molecule has 9 nitrogen and oxygen atoms in total. The van der Waals surface area contributed by atoms with Gasteiger partial charge in [0.15, 0.2) is 5.17 Å². The third-order valence-corrected chi connectivity index (χ3v) is 4.51. The van der Waals surface area contributed by atoms with Crippen LogP contribution in [0.1, 0.15) is 22.5 Å². The van der Waals surface area contributed by atoms with E-state index in [0.717, 1.165) is 11.8 Å². The van der Waals surface area contributed by atoms with Gasteiger partial charge in [0.05, 0.1) is 18.0 Å². The van der Waals surface area contributed by atoms with Gasteiger partial charge in [0.2, 0.25) is 11.8 Å². The van der Waals surface area contributed by atoms with E-state index >= 15 is 0 Å². The van der Waals surface area contributed by atoms with Crippen molar-refractivity contribution in [2.45, 2.75) is 11.7 Å². The number of furan rings is 1. The molecule has 1 aromatic carbocycles. The molecule has 1 saturated heterocycles. The SMILES string of the molecule is O=C(CC1S/C(=N\N=Cc2ccco2)NC1=O)Nc1ccc(C(=O)O)cc1. The Labute approximate surface area is 157 Å². The highest BCUT2D eigenvalue weighted by molar-refractivity contribution is 8.15. The maximum atomic E-state index is 12.1. The Morgan fingerprint density at radius 3 is 2.74 bits per heavy atom. The van der Waals surface area contributed by atoms with Gasteiger partial charge in [-0.15, -0.1) is 5.10 Å². The number of nitrogens with one attached hydrogen (secondary N) is 2. The van der Waals surface area contributed by atoms with Gasteiger partial charge in [0.1, 0.15) is 11.0 Å². The van der Waals surface area contributed by atoms with Gasteiger partial charge in [-0.3, -0.25) is 9.59 Å². The molecular formula is C17H14N4O5S. The van der Waals surface area contributed by atoms with Crippen molar-refractivity contribution in [3.05, 3.63) is 54.0 Å². The Hall–Kier alpha value is -3.40. The lowest BCUT2D eigenvalue weighted by atomic mass is 10.2. The number of carbonyl (C=O) groups excluding carboxylic acids is 2. The minimum absolute atomic E-state index is 0.0574. The molecule has 1 aliphatic rings. The Kier molecular flexibility index (Phi) is 5.67. The monoisotopic (exact) mass is 386 g/mol. The second kappa shape index (κ2) is 8.32. The molecule has 2 amide bonds. The van der Waals surface area contributed by atoms with Crippen molar-refractivity contribution in [1.29, 1.82) is 0 Å². The number of anilines is 1. The van der Waals surface area contributed by atoms with E-state index in [1.165, 1.54) is 36.7 Å². The minimum Gasteiger partial charge on any atom is -0.478 e. The summed E-state index contributed by atoms with van der Waals surface area (Å²) in [5.41, 5.74) is 0.569. The normalized spacial score (nSPS) is 18.0. The number of nitrogens with zero attached hydrogens (tertiary/aromatic N) is 2. The molecule has 0 spiro atoms. The van der Waals surface area contributed by atoms with Crippen LogP contribution in [0.5, 0.6) is 0 Å². The van der Waals surface area contributed by atoms with Gasteiger partial charge < -0.3 is 20.2 Å². The number of thioether (sulfide) groups is 1. The van der Waals surface area contributed by atoms with Gasteiger partial charge in [-0.1, -0.05) is 11.8 Å². The number of amides is 2. The summed E-state index contributed by atoms with van der Waals surface area (Å²) < 4.78 is 5.07. The summed E-state index contributed by atoms with van der Waals surface area (Å²) >= 11 is 1.11. The van der Waals surface area contributed by atoms with Crippen LogP contribution >= 0.6 is 11.8 Å². The number of carbonyl (C=O) groups is 3. The van der Waals surface area contributed by atoms with Crippen LogP contribution < -0.4 is 10.6 Å². The fourth-order valence-electron chi connectivity index (χ4n) is 2.17. The van der Waals surface area contributed by atoms with Crippen molar-refractivity contribution in [2.75, 3.05) is 5.32 Å². The number of carboxylic acid groups (broad SMARTS) is 1. The molecule has 0 saturated carbocycles. The van der Waals surface area contributed by atoms with E-state index in [2.05, 4.69) is 20.8 Å². The fraction of sp³-hybridized carbons (Fsp3) is 0.118. The molecule has 0 aliphatic carbocycles. The lowest BCUT2D eigenvalue weighted by molar-refractivity contribution is -0.122. The fourth-order valence-corrected chi connectivity index (χ4v) is 3.09. The Balaban J connectivity index is 1.53. The third kappa shape index (κ3) is 5.05. The topological polar surface area (TPSA) is 133 Å². The van der Waals surface area contributed by atoms with Crippen LogP contribution in [0.25, 0.3) is 0 Å². The quantitative estimate of drug-likeness (QED) is 0.513. The van der Waals surface area contributed by atoms with Gasteiger partial charge in [0.25, 0.3) is 0 Å². The van der Waals surface area contributed by atoms with Crippen LogP contribution in [0.15, 0.2) is 57.3 Å². The summed E-state index contributed by atoms with van der Waals surface area (Å²) in [5.74, 6) is -1.22. The Morgan fingerprint density at radius 2 is 2.07 bits per heavy atom. The van der Waals surface area contributed by atoms with Gasteiger partial charge in [-0.2, -0.15) is 5.10 Å². The molecule has 3 rings (SSSR count). The summed E-state index contributed by atoms with van der Waals surface area (Å²) in [6.07, 6.45) is 2.85. The highest BCUT2D eigenvalue weighted by Crippen LogP contribution is 2.23. The number of hydrogen-bond acceptors (Lipinski definition) is 7. The van der Waals surface area contributed by atoms with Crippen LogP contribution in [0.4, 0.5) is 5.69 Å². The summed E-state index contributed by atoms with van der Waals surface area (Å²) in [5, 5.41) is 21.4. The van der Waals surface area contributed by atoms with Crippen molar-refractivity contribution in [3.8, 4) is 0 Å². The van der Waals surface area contributed by atoms with Crippen LogP contribution in [0.2, 0.25) is 0 Å². The molecule has 138 valence electrons. The number of benzene rings is 1. The molecule has 27 heavy (non-hydrogen) atoms. The van der Waals surface area contributed by atoms with Crippen LogP contribution in [0.3, 0.4) is 0 Å². The maximum absolute atomic E-state index is 12.1. The first-order chi connectivity index (χ1) is 13.0. The summed E-state index contributed by atoms with van der Waals surface area (Å²) in [6.45, 7) is 0. The largest absolute Gasteiger partial charge is 0.478 e. The van der Waals surface area contributed by atoms with Crippen molar-refractivity contribution in [2.24, 2.45) is 10.2 Å². The van der Waals surface area contributed by atoms with Crippen molar-refractivity contribution >= 4 is 46.6 Å². The average molecular weight is 386 g/mol. The van der Waals surface area contributed by atoms with Crippen LogP contribution in [0, 0.1) is 0 Å². The average Bonchev–Trinajstić information content (AvgIpc) is 3.26. The summed E-state index contributed by atoms with van der Waals surface area (Å²) in [6, 6.07) is 9.16. The Morgan fingerprint density at radius 1 is 1.30 bits per heavy atom. The number of carboxylic acids is 1. The van der Waals surface area contributed by atoms with Crippen LogP contribution in [-0.4, -0.2) is 39.5 Å². The minimum atomic E-state index is -1.05. The van der Waals surface area contributed by atoms with Gasteiger partial charge in [-0.05, 0) is 36.4 Å². The molecule has 2 heterocycles. The van der Waals surface area contributed by atoms with Gasteiger partial charge >= 0.3 is 5.97 Å². The predicted molar refractivity (Wildman–Crippen MR) is 99.9 cm³/mol. The molecule has 3 N–H and O–H groups in total. The van der Waals surface area contributed by atoms with Crippen molar-refractivity contribution in [1.82, 2.24) is 5.32 Å². The van der Waals surface area contributed by atoms with Crippen molar-refractivity contribution < 1.29 is 23.9 Å². The second-order valence-electron chi connectivity index (χ2n) is 5.40. The van der Waals surface area contributed by atoms with E-state index in [4.69, 9.17) is 9.52 Å². The molecular weight excluding hydrogens is 372 g/mol. The van der Waals surface area contributed by atoms with Gasteiger partial charge in [0, 0.05) is 12.1 Å². The van der Waals surface area contributed by atoms with E-state index in [-0.39, 0.29) is 23.8 Å². The van der Waals surface area contributed by atoms with E-state index < -0.39 is 11.2 Å².